The highest BCUT2D eigenvalue weighted by Crippen LogP contribution is 2.41. The molecule has 1 aromatic heterocycles. The summed E-state index contributed by atoms with van der Waals surface area (Å²) in [6.07, 6.45) is 6.27. The molecule has 0 atom stereocenters. The molecule has 0 radical (unpaired) electrons. The number of aromatic nitrogens is 1. The van der Waals surface area contributed by atoms with E-state index in [0.29, 0.717) is 6.10 Å². The van der Waals surface area contributed by atoms with Crippen molar-refractivity contribution in [1.82, 2.24) is 4.98 Å². The van der Waals surface area contributed by atoms with Crippen molar-refractivity contribution in [2.75, 3.05) is 0 Å². The fourth-order valence-electron chi connectivity index (χ4n) is 2.02. The SMILES string of the molecule is CC(C)(C)Oc1cncc(OC2CC2)c1C(C)(C)C. The maximum atomic E-state index is 6.06. The molecular weight excluding hydrogens is 238 g/mol. The van der Waals surface area contributed by atoms with Crippen molar-refractivity contribution in [3.63, 3.8) is 0 Å². The van der Waals surface area contributed by atoms with Crippen LogP contribution in [0.3, 0.4) is 0 Å². The highest BCUT2D eigenvalue weighted by molar-refractivity contribution is 5.47. The van der Waals surface area contributed by atoms with Crippen LogP contribution < -0.4 is 9.47 Å². The molecule has 0 N–H and O–H groups in total. The third-order valence-corrected chi connectivity index (χ3v) is 2.86. The highest BCUT2D eigenvalue weighted by atomic mass is 16.5. The van der Waals surface area contributed by atoms with Crippen LogP contribution in [0.4, 0.5) is 0 Å². The van der Waals surface area contributed by atoms with Crippen molar-refractivity contribution in [2.45, 2.75) is 71.5 Å². The number of hydrogen-bond donors (Lipinski definition) is 0. The maximum Gasteiger partial charge on any atom is 0.145 e. The average molecular weight is 263 g/mol. The Hall–Kier alpha value is -1.25. The monoisotopic (exact) mass is 263 g/mol. The van der Waals surface area contributed by atoms with E-state index in [0.717, 1.165) is 29.9 Å². The van der Waals surface area contributed by atoms with Crippen molar-refractivity contribution in [1.29, 1.82) is 0 Å². The summed E-state index contributed by atoms with van der Waals surface area (Å²) in [5, 5.41) is 0. The van der Waals surface area contributed by atoms with Crippen molar-refractivity contribution in [3.8, 4) is 11.5 Å². The summed E-state index contributed by atoms with van der Waals surface area (Å²) in [4.78, 5) is 4.27. The van der Waals surface area contributed by atoms with Gasteiger partial charge in [0, 0.05) is 5.56 Å². The van der Waals surface area contributed by atoms with E-state index in [-0.39, 0.29) is 11.0 Å². The molecule has 0 unspecified atom stereocenters. The van der Waals surface area contributed by atoms with Gasteiger partial charge in [0.1, 0.15) is 17.1 Å². The first kappa shape index (κ1) is 14.2. The molecule has 1 aliphatic carbocycles. The molecule has 2 rings (SSSR count). The van der Waals surface area contributed by atoms with Crippen molar-refractivity contribution in [2.24, 2.45) is 0 Å². The van der Waals surface area contributed by atoms with E-state index in [9.17, 15) is 0 Å². The van der Waals surface area contributed by atoms with E-state index in [2.05, 4.69) is 25.8 Å². The van der Waals surface area contributed by atoms with Crippen LogP contribution in [0.25, 0.3) is 0 Å². The minimum Gasteiger partial charge on any atom is -0.488 e. The smallest absolute Gasteiger partial charge is 0.145 e. The van der Waals surface area contributed by atoms with Gasteiger partial charge in [-0.1, -0.05) is 20.8 Å². The molecule has 0 spiro atoms. The summed E-state index contributed by atoms with van der Waals surface area (Å²) in [7, 11) is 0. The van der Waals surface area contributed by atoms with E-state index < -0.39 is 0 Å². The molecule has 1 aromatic rings. The average Bonchev–Trinajstić information content (AvgIpc) is 2.97. The molecule has 3 nitrogen and oxygen atoms in total. The van der Waals surface area contributed by atoms with Gasteiger partial charge in [-0.15, -0.1) is 0 Å². The van der Waals surface area contributed by atoms with Gasteiger partial charge < -0.3 is 9.47 Å². The van der Waals surface area contributed by atoms with Crippen LogP contribution >= 0.6 is 0 Å². The first-order valence-corrected chi connectivity index (χ1v) is 7.01. The zero-order valence-electron chi connectivity index (χ0n) is 12.9. The second kappa shape index (κ2) is 4.69. The molecule has 0 saturated heterocycles. The van der Waals surface area contributed by atoms with Gasteiger partial charge >= 0.3 is 0 Å². The van der Waals surface area contributed by atoms with Gasteiger partial charge in [0.2, 0.25) is 0 Å². The summed E-state index contributed by atoms with van der Waals surface area (Å²) >= 11 is 0. The lowest BCUT2D eigenvalue weighted by Crippen LogP contribution is -2.26. The Bertz CT molecular complexity index is 451. The van der Waals surface area contributed by atoms with Crippen LogP contribution in [0.1, 0.15) is 59.9 Å². The number of rotatable bonds is 3. The molecular formula is C16H25NO2. The first-order valence-electron chi connectivity index (χ1n) is 7.01. The molecule has 1 fully saturated rings. The standard InChI is InChI=1S/C16H25NO2/c1-15(2,3)14-12(18-11-7-8-11)9-17-10-13(14)19-16(4,5)6/h9-11H,7-8H2,1-6H3. The Morgan fingerprint density at radius 2 is 1.58 bits per heavy atom. The summed E-state index contributed by atoms with van der Waals surface area (Å²) < 4.78 is 12.1. The lowest BCUT2D eigenvalue weighted by atomic mass is 9.86. The molecule has 0 bridgehead atoms. The predicted octanol–water partition coefficient (Wildman–Crippen LogP) is 4.10. The molecule has 0 aromatic carbocycles. The van der Waals surface area contributed by atoms with Crippen molar-refractivity contribution < 1.29 is 9.47 Å². The van der Waals surface area contributed by atoms with Crippen LogP contribution in [0.5, 0.6) is 11.5 Å². The largest absolute Gasteiger partial charge is 0.488 e. The Balaban J connectivity index is 2.40. The van der Waals surface area contributed by atoms with Crippen LogP contribution in [0.2, 0.25) is 0 Å². The zero-order chi connectivity index (χ0) is 14.3. The molecule has 1 aliphatic rings. The third-order valence-electron chi connectivity index (χ3n) is 2.86. The Kier molecular flexibility index (Phi) is 3.50. The molecule has 1 heterocycles. The minimum atomic E-state index is -0.236. The number of ether oxygens (including phenoxy) is 2. The summed E-state index contributed by atoms with van der Waals surface area (Å²) in [6, 6.07) is 0. The fraction of sp³-hybridized carbons (Fsp3) is 0.688. The quantitative estimate of drug-likeness (QED) is 0.822. The van der Waals surface area contributed by atoms with Gasteiger partial charge in [-0.2, -0.15) is 0 Å². The number of pyridine rings is 1. The normalized spacial score (nSPS) is 16.3. The summed E-state index contributed by atoms with van der Waals surface area (Å²) in [5.74, 6) is 1.70. The number of nitrogens with zero attached hydrogens (tertiary/aromatic N) is 1. The number of hydrogen-bond acceptors (Lipinski definition) is 3. The lowest BCUT2D eigenvalue weighted by molar-refractivity contribution is 0.126. The molecule has 3 heteroatoms. The topological polar surface area (TPSA) is 31.4 Å². The van der Waals surface area contributed by atoms with Gasteiger partial charge in [-0.05, 0) is 39.0 Å². The summed E-state index contributed by atoms with van der Waals surface area (Å²) in [6.45, 7) is 12.7. The second-order valence-corrected chi connectivity index (χ2v) is 7.29. The lowest BCUT2D eigenvalue weighted by Gasteiger charge is -2.29. The van der Waals surface area contributed by atoms with Crippen LogP contribution in [-0.4, -0.2) is 16.7 Å². The molecule has 19 heavy (non-hydrogen) atoms. The van der Waals surface area contributed by atoms with Gasteiger partial charge in [0.15, 0.2) is 0 Å². The Morgan fingerprint density at radius 3 is 2.05 bits per heavy atom. The van der Waals surface area contributed by atoms with Gasteiger partial charge in [0.25, 0.3) is 0 Å². The van der Waals surface area contributed by atoms with E-state index in [4.69, 9.17) is 9.47 Å². The summed E-state index contributed by atoms with van der Waals surface area (Å²) in [5.41, 5.74) is 0.845. The van der Waals surface area contributed by atoms with Gasteiger partial charge in [0.05, 0.1) is 18.5 Å². The Morgan fingerprint density at radius 1 is 1.00 bits per heavy atom. The zero-order valence-corrected chi connectivity index (χ0v) is 12.9. The van der Waals surface area contributed by atoms with Gasteiger partial charge in [-0.3, -0.25) is 4.98 Å². The van der Waals surface area contributed by atoms with Crippen LogP contribution in [0, 0.1) is 0 Å². The minimum absolute atomic E-state index is 0.0340. The van der Waals surface area contributed by atoms with Crippen molar-refractivity contribution >= 4 is 0 Å². The van der Waals surface area contributed by atoms with E-state index >= 15 is 0 Å². The Labute approximate surface area is 116 Å². The van der Waals surface area contributed by atoms with Crippen molar-refractivity contribution in [3.05, 3.63) is 18.0 Å². The molecule has 0 amide bonds. The fourth-order valence-corrected chi connectivity index (χ4v) is 2.02. The molecule has 1 saturated carbocycles. The van der Waals surface area contributed by atoms with E-state index in [1.54, 1.807) is 6.20 Å². The van der Waals surface area contributed by atoms with Crippen LogP contribution in [0.15, 0.2) is 12.4 Å². The van der Waals surface area contributed by atoms with Crippen LogP contribution in [-0.2, 0) is 5.41 Å². The second-order valence-electron chi connectivity index (χ2n) is 7.29. The first-order chi connectivity index (χ1) is 8.67. The third kappa shape index (κ3) is 3.85. The molecule has 0 aliphatic heterocycles. The highest BCUT2D eigenvalue weighted by Gasteiger charge is 2.30. The van der Waals surface area contributed by atoms with E-state index in [1.807, 2.05) is 27.0 Å². The van der Waals surface area contributed by atoms with Gasteiger partial charge in [-0.25, -0.2) is 0 Å². The van der Waals surface area contributed by atoms with E-state index in [1.165, 1.54) is 0 Å². The maximum absolute atomic E-state index is 6.06. The predicted molar refractivity (Wildman–Crippen MR) is 77.0 cm³/mol. The molecule has 106 valence electrons.